The van der Waals surface area contributed by atoms with Gasteiger partial charge in [0, 0.05) is 12.0 Å². The zero-order chi connectivity index (χ0) is 10.4. The van der Waals surface area contributed by atoms with Gasteiger partial charge in [0.25, 0.3) is 6.43 Å². The van der Waals surface area contributed by atoms with Gasteiger partial charge in [-0.05, 0) is 0 Å². The average Bonchev–Trinajstić information content (AvgIpc) is 2.11. The van der Waals surface area contributed by atoms with Gasteiger partial charge in [-0.25, -0.2) is 13.2 Å². The fourth-order valence-corrected chi connectivity index (χ4v) is 0.963. The minimum Gasteiger partial charge on any atom is -0.205 e. The van der Waals surface area contributed by atoms with Crippen molar-refractivity contribution < 1.29 is 30.7 Å². The lowest BCUT2D eigenvalue weighted by molar-refractivity contribution is -0.180. The second-order valence-electron chi connectivity index (χ2n) is 2.60. The Morgan fingerprint density at radius 1 is 1.08 bits per heavy atom. The molecule has 0 spiro atoms. The summed E-state index contributed by atoms with van der Waals surface area (Å²) >= 11 is 0. The number of alkyl halides is 6. The zero-order valence-corrected chi connectivity index (χ0v) is 5.93. The van der Waals surface area contributed by atoms with Crippen LogP contribution >= 0.6 is 0 Å². The Bertz CT molecular complexity index is 252. The topological polar surface area (TPSA) is 0 Å². The summed E-state index contributed by atoms with van der Waals surface area (Å²) in [6.07, 6.45) is -5.54. The van der Waals surface area contributed by atoms with Gasteiger partial charge in [-0.2, -0.15) is 17.6 Å². The minimum atomic E-state index is -5.10. The quantitative estimate of drug-likeness (QED) is 0.580. The van der Waals surface area contributed by atoms with Gasteiger partial charge in [-0.15, -0.1) is 0 Å². The molecule has 0 atom stereocenters. The average molecular weight is 208 g/mol. The summed E-state index contributed by atoms with van der Waals surface area (Å²) in [7, 11) is 0. The van der Waals surface area contributed by atoms with E-state index in [-0.39, 0.29) is 0 Å². The standard InChI is InChI=1S/C6H3F7/c7-3-2(4(8)9)1-5(10,11)6(3,12)13/h4H,1H2. The molecule has 0 aromatic carbocycles. The maximum Gasteiger partial charge on any atom is 0.361 e. The molecule has 0 unspecified atom stereocenters. The van der Waals surface area contributed by atoms with Gasteiger partial charge in [0.05, 0.1) is 0 Å². The van der Waals surface area contributed by atoms with E-state index in [2.05, 4.69) is 0 Å². The molecule has 13 heavy (non-hydrogen) atoms. The Hall–Kier alpha value is -0.750. The summed E-state index contributed by atoms with van der Waals surface area (Å²) in [4.78, 5) is 0. The molecule has 0 saturated carbocycles. The number of hydrogen-bond acceptors (Lipinski definition) is 0. The SMILES string of the molecule is FC1=C(C(F)F)CC(F)(F)C1(F)F. The molecule has 0 aromatic heterocycles. The fraction of sp³-hybridized carbons (Fsp3) is 0.667. The molecule has 0 N–H and O–H groups in total. The molecular formula is C6H3F7. The Morgan fingerprint density at radius 2 is 1.54 bits per heavy atom. The van der Waals surface area contributed by atoms with E-state index in [1.165, 1.54) is 0 Å². The van der Waals surface area contributed by atoms with Crippen LogP contribution < -0.4 is 0 Å². The normalized spacial score (nSPS) is 25.8. The van der Waals surface area contributed by atoms with Gasteiger partial charge in [0.2, 0.25) is 0 Å². The Kier molecular flexibility index (Phi) is 2.08. The number of allylic oxidation sites excluding steroid dienone is 2. The van der Waals surface area contributed by atoms with Crippen molar-refractivity contribution in [3.05, 3.63) is 11.4 Å². The molecule has 0 fully saturated rings. The first kappa shape index (κ1) is 10.3. The Morgan fingerprint density at radius 3 is 1.69 bits per heavy atom. The lowest BCUT2D eigenvalue weighted by Crippen LogP contribution is -2.36. The molecule has 7 heteroatoms. The van der Waals surface area contributed by atoms with Crippen molar-refractivity contribution in [2.45, 2.75) is 24.7 Å². The van der Waals surface area contributed by atoms with Gasteiger partial charge in [-0.3, -0.25) is 0 Å². The first-order chi connectivity index (χ1) is 5.70. The van der Waals surface area contributed by atoms with E-state index >= 15 is 0 Å². The van der Waals surface area contributed by atoms with Crippen LogP contribution in [0.4, 0.5) is 30.7 Å². The third kappa shape index (κ3) is 1.30. The minimum absolute atomic E-state index is 1.81. The van der Waals surface area contributed by atoms with Crippen LogP contribution in [-0.2, 0) is 0 Å². The monoisotopic (exact) mass is 208 g/mol. The second-order valence-corrected chi connectivity index (χ2v) is 2.60. The van der Waals surface area contributed by atoms with Crippen LogP contribution in [0.3, 0.4) is 0 Å². The lowest BCUT2D eigenvalue weighted by Gasteiger charge is -2.17. The van der Waals surface area contributed by atoms with Crippen molar-refractivity contribution >= 4 is 0 Å². The lowest BCUT2D eigenvalue weighted by atomic mass is 10.2. The number of halogens is 7. The highest BCUT2D eigenvalue weighted by Gasteiger charge is 2.66. The van der Waals surface area contributed by atoms with E-state index in [1.807, 2.05) is 0 Å². The molecule has 0 radical (unpaired) electrons. The fourth-order valence-electron chi connectivity index (χ4n) is 0.963. The van der Waals surface area contributed by atoms with Crippen molar-refractivity contribution in [2.75, 3.05) is 0 Å². The molecule has 0 heterocycles. The molecule has 0 nitrogen and oxygen atoms in total. The van der Waals surface area contributed by atoms with Crippen LogP contribution in [0.1, 0.15) is 6.42 Å². The summed E-state index contributed by atoms with van der Waals surface area (Å²) in [5.41, 5.74) is -1.81. The number of hydrogen-bond donors (Lipinski definition) is 0. The summed E-state index contributed by atoms with van der Waals surface area (Å²) in [6, 6.07) is 0. The maximum atomic E-state index is 12.3. The molecular weight excluding hydrogens is 205 g/mol. The van der Waals surface area contributed by atoms with E-state index in [9.17, 15) is 30.7 Å². The van der Waals surface area contributed by atoms with Crippen molar-refractivity contribution in [3.8, 4) is 0 Å². The first-order valence-electron chi connectivity index (χ1n) is 3.13. The Balaban J connectivity index is 3.11. The van der Waals surface area contributed by atoms with Crippen LogP contribution in [0.5, 0.6) is 0 Å². The largest absolute Gasteiger partial charge is 0.361 e. The zero-order valence-electron chi connectivity index (χ0n) is 5.93. The highest BCUT2D eigenvalue weighted by Crippen LogP contribution is 2.52. The van der Waals surface area contributed by atoms with Crippen molar-refractivity contribution in [1.82, 2.24) is 0 Å². The molecule has 0 amide bonds. The molecule has 0 saturated heterocycles. The molecule has 76 valence electrons. The van der Waals surface area contributed by atoms with E-state index in [0.717, 1.165) is 0 Å². The van der Waals surface area contributed by atoms with Crippen LogP contribution in [0.25, 0.3) is 0 Å². The van der Waals surface area contributed by atoms with Crippen LogP contribution in [0.15, 0.2) is 11.4 Å². The highest BCUT2D eigenvalue weighted by molar-refractivity contribution is 5.29. The van der Waals surface area contributed by atoms with Gasteiger partial charge < -0.3 is 0 Å². The van der Waals surface area contributed by atoms with Gasteiger partial charge in [0.1, 0.15) is 0 Å². The van der Waals surface area contributed by atoms with Crippen LogP contribution in [0.2, 0.25) is 0 Å². The summed E-state index contributed by atoms with van der Waals surface area (Å²) in [6.45, 7) is 0. The van der Waals surface area contributed by atoms with Crippen molar-refractivity contribution in [3.63, 3.8) is 0 Å². The van der Waals surface area contributed by atoms with Gasteiger partial charge in [0.15, 0.2) is 5.83 Å². The third-order valence-corrected chi connectivity index (χ3v) is 1.69. The predicted molar refractivity (Wildman–Crippen MR) is 28.6 cm³/mol. The first-order valence-corrected chi connectivity index (χ1v) is 3.13. The van der Waals surface area contributed by atoms with Gasteiger partial charge >= 0.3 is 11.8 Å². The summed E-state index contributed by atoms with van der Waals surface area (Å²) < 4.78 is 84.6. The smallest absolute Gasteiger partial charge is 0.205 e. The van der Waals surface area contributed by atoms with Crippen molar-refractivity contribution in [2.24, 2.45) is 0 Å². The van der Waals surface area contributed by atoms with E-state index in [1.54, 1.807) is 0 Å². The second kappa shape index (κ2) is 2.62. The Labute approximate surface area is 68.0 Å². The molecule has 1 rings (SSSR count). The maximum absolute atomic E-state index is 12.3. The van der Waals surface area contributed by atoms with Crippen LogP contribution in [-0.4, -0.2) is 18.3 Å². The molecule has 0 bridgehead atoms. The van der Waals surface area contributed by atoms with Crippen LogP contribution in [0, 0.1) is 0 Å². The molecule has 1 aliphatic carbocycles. The van der Waals surface area contributed by atoms with Gasteiger partial charge in [-0.1, -0.05) is 0 Å². The number of rotatable bonds is 1. The van der Waals surface area contributed by atoms with E-state index in [4.69, 9.17) is 0 Å². The third-order valence-electron chi connectivity index (χ3n) is 1.69. The summed E-state index contributed by atoms with van der Waals surface area (Å²) in [5, 5.41) is 0. The predicted octanol–water partition coefficient (Wildman–Crippen LogP) is 3.15. The van der Waals surface area contributed by atoms with E-state index in [0.29, 0.717) is 0 Å². The molecule has 1 aliphatic rings. The van der Waals surface area contributed by atoms with E-state index < -0.39 is 36.1 Å². The highest BCUT2D eigenvalue weighted by atomic mass is 19.3. The summed E-state index contributed by atoms with van der Waals surface area (Å²) in [5.74, 6) is -12.5. The van der Waals surface area contributed by atoms with Crippen molar-refractivity contribution in [1.29, 1.82) is 0 Å². The molecule has 0 aliphatic heterocycles. The molecule has 0 aromatic rings.